The second-order valence-corrected chi connectivity index (χ2v) is 7.77. The van der Waals surface area contributed by atoms with Gasteiger partial charge in [-0.25, -0.2) is 0 Å². The molecule has 3 heteroatoms. The average molecular weight is 291 g/mol. The molecule has 0 spiro atoms. The lowest BCUT2D eigenvalue weighted by molar-refractivity contribution is 0.258. The highest BCUT2D eigenvalue weighted by molar-refractivity contribution is 5.00. The molecule has 1 aliphatic rings. The summed E-state index contributed by atoms with van der Waals surface area (Å²) in [4.78, 5) is 0. The van der Waals surface area contributed by atoms with Gasteiger partial charge in [0.05, 0.1) is 0 Å². The van der Waals surface area contributed by atoms with Crippen LogP contribution in [0, 0.1) is 11.8 Å². The highest BCUT2D eigenvalue weighted by atomic mass is 15.2. The fraction of sp³-hybridized carbons (Fsp3) is 0.833. The molecule has 2 atom stereocenters. The fourth-order valence-electron chi connectivity index (χ4n) is 3.53. The summed E-state index contributed by atoms with van der Waals surface area (Å²) >= 11 is 0. The van der Waals surface area contributed by atoms with Gasteiger partial charge in [-0.2, -0.15) is 5.10 Å². The Morgan fingerprint density at radius 3 is 2.52 bits per heavy atom. The summed E-state index contributed by atoms with van der Waals surface area (Å²) in [7, 11) is 2.06. The fourth-order valence-corrected chi connectivity index (χ4v) is 3.53. The van der Waals surface area contributed by atoms with Crippen molar-refractivity contribution in [3.05, 3.63) is 18.0 Å². The Morgan fingerprint density at radius 1 is 1.19 bits per heavy atom. The summed E-state index contributed by atoms with van der Waals surface area (Å²) in [6.07, 6.45) is 11.5. The minimum atomic E-state index is 0.235. The summed E-state index contributed by atoms with van der Waals surface area (Å²) in [6.45, 7) is 8.00. The van der Waals surface area contributed by atoms with E-state index in [0.717, 1.165) is 11.8 Å². The van der Waals surface area contributed by atoms with Crippen LogP contribution in [0.3, 0.4) is 0 Å². The van der Waals surface area contributed by atoms with Crippen LogP contribution < -0.4 is 5.32 Å². The molecule has 2 unspecified atom stereocenters. The van der Waals surface area contributed by atoms with E-state index in [4.69, 9.17) is 0 Å². The van der Waals surface area contributed by atoms with Crippen LogP contribution in [0.15, 0.2) is 12.3 Å². The zero-order valence-corrected chi connectivity index (χ0v) is 14.4. The lowest BCUT2D eigenvalue weighted by Gasteiger charge is -2.30. The molecule has 0 aromatic carbocycles. The van der Waals surface area contributed by atoms with E-state index in [1.54, 1.807) is 0 Å². The lowest BCUT2D eigenvalue weighted by atomic mass is 9.83. The third-order valence-electron chi connectivity index (χ3n) is 4.90. The Kier molecular flexibility index (Phi) is 5.86. The lowest BCUT2D eigenvalue weighted by Crippen LogP contribution is -2.40. The molecule has 1 heterocycles. The van der Waals surface area contributed by atoms with Gasteiger partial charge in [-0.05, 0) is 64.5 Å². The first-order valence-electron chi connectivity index (χ1n) is 8.67. The normalized spacial score (nSPS) is 24.0. The molecule has 1 N–H and O–H groups in total. The van der Waals surface area contributed by atoms with Crippen molar-refractivity contribution in [2.24, 2.45) is 18.9 Å². The van der Waals surface area contributed by atoms with E-state index in [9.17, 15) is 0 Å². The van der Waals surface area contributed by atoms with Crippen LogP contribution in [0.25, 0.3) is 0 Å². The minimum Gasteiger partial charge on any atom is -0.312 e. The van der Waals surface area contributed by atoms with E-state index in [0.29, 0.717) is 0 Å². The SMILES string of the molecule is Cn1nccc1CCC1CCCCCC1CNC(C)(C)C. The number of rotatable bonds is 5. The van der Waals surface area contributed by atoms with Crippen molar-refractivity contribution in [1.29, 1.82) is 0 Å². The third-order valence-corrected chi connectivity index (χ3v) is 4.90. The Labute approximate surface area is 130 Å². The van der Waals surface area contributed by atoms with Gasteiger partial charge in [0.15, 0.2) is 0 Å². The standard InChI is InChI=1S/C18H33N3/c1-18(2,3)19-14-16-9-7-5-6-8-15(16)10-11-17-12-13-20-21(17)4/h12-13,15-16,19H,5-11,14H2,1-4H3. The molecule has 0 saturated heterocycles. The average Bonchev–Trinajstić information content (AvgIpc) is 2.69. The Morgan fingerprint density at radius 2 is 1.90 bits per heavy atom. The van der Waals surface area contributed by atoms with Crippen molar-refractivity contribution >= 4 is 0 Å². The number of aryl methyl sites for hydroxylation is 2. The third kappa shape index (κ3) is 5.46. The summed E-state index contributed by atoms with van der Waals surface area (Å²) in [5.74, 6) is 1.72. The van der Waals surface area contributed by atoms with E-state index in [1.165, 1.54) is 57.2 Å². The number of hydrogen-bond donors (Lipinski definition) is 1. The van der Waals surface area contributed by atoms with Gasteiger partial charge in [0, 0.05) is 24.5 Å². The molecule has 0 bridgehead atoms. The first-order valence-corrected chi connectivity index (χ1v) is 8.67. The minimum absolute atomic E-state index is 0.235. The van der Waals surface area contributed by atoms with Gasteiger partial charge >= 0.3 is 0 Å². The predicted molar refractivity (Wildman–Crippen MR) is 89.3 cm³/mol. The molecule has 2 rings (SSSR count). The van der Waals surface area contributed by atoms with Gasteiger partial charge in [-0.1, -0.05) is 25.7 Å². The molecule has 1 aromatic heterocycles. The monoisotopic (exact) mass is 291 g/mol. The maximum absolute atomic E-state index is 4.29. The second-order valence-electron chi connectivity index (χ2n) is 7.77. The van der Waals surface area contributed by atoms with Crippen molar-refractivity contribution in [2.45, 2.75) is 71.3 Å². The molecular formula is C18H33N3. The van der Waals surface area contributed by atoms with Gasteiger partial charge in [0.25, 0.3) is 0 Å². The molecule has 1 fully saturated rings. The topological polar surface area (TPSA) is 29.9 Å². The summed E-state index contributed by atoms with van der Waals surface area (Å²) in [5.41, 5.74) is 1.61. The molecule has 1 aliphatic carbocycles. The van der Waals surface area contributed by atoms with Gasteiger partial charge in [-0.3, -0.25) is 4.68 Å². The van der Waals surface area contributed by atoms with Gasteiger partial charge < -0.3 is 5.32 Å². The molecule has 0 aliphatic heterocycles. The molecule has 3 nitrogen and oxygen atoms in total. The Bertz CT molecular complexity index is 416. The van der Waals surface area contributed by atoms with Crippen LogP contribution >= 0.6 is 0 Å². The van der Waals surface area contributed by atoms with Crippen molar-refractivity contribution in [3.8, 4) is 0 Å². The smallest absolute Gasteiger partial charge is 0.0492 e. The van der Waals surface area contributed by atoms with Crippen LogP contribution in [0.2, 0.25) is 0 Å². The number of nitrogens with one attached hydrogen (secondary N) is 1. The number of nitrogens with zero attached hydrogens (tertiary/aromatic N) is 2. The molecular weight excluding hydrogens is 258 g/mol. The summed E-state index contributed by atoms with van der Waals surface area (Å²) in [6, 6.07) is 2.17. The molecule has 120 valence electrons. The van der Waals surface area contributed by atoms with Gasteiger partial charge in [-0.15, -0.1) is 0 Å². The highest BCUT2D eigenvalue weighted by Crippen LogP contribution is 2.32. The van der Waals surface area contributed by atoms with E-state index in [1.807, 2.05) is 10.9 Å². The highest BCUT2D eigenvalue weighted by Gasteiger charge is 2.25. The van der Waals surface area contributed by atoms with E-state index in [2.05, 4.69) is 44.3 Å². The van der Waals surface area contributed by atoms with E-state index < -0.39 is 0 Å². The van der Waals surface area contributed by atoms with Gasteiger partial charge in [0.2, 0.25) is 0 Å². The van der Waals surface area contributed by atoms with Crippen molar-refractivity contribution < 1.29 is 0 Å². The first-order chi connectivity index (χ1) is 9.96. The van der Waals surface area contributed by atoms with Crippen LogP contribution in [0.5, 0.6) is 0 Å². The van der Waals surface area contributed by atoms with Crippen LogP contribution in [0.1, 0.15) is 65.0 Å². The zero-order chi connectivity index (χ0) is 15.3. The van der Waals surface area contributed by atoms with Crippen molar-refractivity contribution in [1.82, 2.24) is 15.1 Å². The summed E-state index contributed by atoms with van der Waals surface area (Å²) < 4.78 is 2.03. The maximum Gasteiger partial charge on any atom is 0.0492 e. The molecule has 0 amide bonds. The number of hydrogen-bond acceptors (Lipinski definition) is 2. The predicted octanol–water partition coefficient (Wildman–Crippen LogP) is 3.94. The largest absolute Gasteiger partial charge is 0.312 e. The molecule has 0 radical (unpaired) electrons. The Balaban J connectivity index is 1.90. The van der Waals surface area contributed by atoms with Crippen LogP contribution in [0.4, 0.5) is 0 Å². The number of aromatic nitrogens is 2. The van der Waals surface area contributed by atoms with Gasteiger partial charge in [0.1, 0.15) is 0 Å². The van der Waals surface area contributed by atoms with Crippen molar-refractivity contribution in [2.75, 3.05) is 6.54 Å². The quantitative estimate of drug-likeness (QED) is 0.833. The first kappa shape index (κ1) is 16.5. The van der Waals surface area contributed by atoms with E-state index >= 15 is 0 Å². The second kappa shape index (κ2) is 7.44. The Hall–Kier alpha value is -0.830. The maximum atomic E-state index is 4.29. The molecule has 21 heavy (non-hydrogen) atoms. The van der Waals surface area contributed by atoms with E-state index in [-0.39, 0.29) is 5.54 Å². The van der Waals surface area contributed by atoms with Crippen LogP contribution in [-0.4, -0.2) is 21.9 Å². The van der Waals surface area contributed by atoms with Crippen molar-refractivity contribution in [3.63, 3.8) is 0 Å². The van der Waals surface area contributed by atoms with Crippen LogP contribution in [-0.2, 0) is 13.5 Å². The zero-order valence-electron chi connectivity index (χ0n) is 14.4. The molecule has 1 saturated carbocycles. The molecule has 1 aromatic rings. The summed E-state index contributed by atoms with van der Waals surface area (Å²) in [5, 5.41) is 8.03.